The number of pyridine rings is 1. The van der Waals surface area contributed by atoms with E-state index >= 15 is 0 Å². The van der Waals surface area contributed by atoms with E-state index in [1.54, 1.807) is 25.4 Å². The van der Waals surface area contributed by atoms with E-state index in [9.17, 15) is 4.79 Å². The van der Waals surface area contributed by atoms with Crippen LogP contribution in [0, 0.1) is 0 Å². The second kappa shape index (κ2) is 6.98. The topological polar surface area (TPSA) is 106 Å². The van der Waals surface area contributed by atoms with Crippen molar-refractivity contribution in [3.63, 3.8) is 0 Å². The third-order valence-electron chi connectivity index (χ3n) is 5.44. The van der Waals surface area contributed by atoms with Crippen LogP contribution in [0.5, 0.6) is 11.5 Å². The molecule has 0 spiro atoms. The highest BCUT2D eigenvalue weighted by atomic mass is 16.5. The number of H-pyrrole nitrogens is 1. The molecule has 2 aromatic heterocycles. The molecule has 8 nitrogen and oxygen atoms in total. The van der Waals surface area contributed by atoms with Gasteiger partial charge in [-0.25, -0.2) is 4.98 Å². The SMILES string of the molecule is COc1ccc2c(c1CN1CC[C@@H](N)C1)OC(=Cc1n[nH]c3ncccc13)C2=O. The number of aromatic nitrogens is 3. The van der Waals surface area contributed by atoms with Crippen LogP contribution < -0.4 is 15.2 Å². The number of hydrogen-bond acceptors (Lipinski definition) is 7. The van der Waals surface area contributed by atoms with E-state index in [0.29, 0.717) is 34.9 Å². The smallest absolute Gasteiger partial charge is 0.232 e. The molecule has 148 valence electrons. The van der Waals surface area contributed by atoms with Gasteiger partial charge in [0, 0.05) is 43.3 Å². The number of ether oxygens (including phenoxy) is 2. The molecule has 1 saturated heterocycles. The maximum Gasteiger partial charge on any atom is 0.232 e. The average Bonchev–Trinajstić information content (AvgIpc) is 3.42. The maximum absolute atomic E-state index is 13.0. The van der Waals surface area contributed by atoms with E-state index in [1.807, 2.05) is 18.2 Å². The van der Waals surface area contributed by atoms with Gasteiger partial charge in [-0.2, -0.15) is 5.10 Å². The summed E-state index contributed by atoms with van der Waals surface area (Å²) in [5.74, 6) is 1.33. The van der Waals surface area contributed by atoms with E-state index in [1.165, 1.54) is 0 Å². The quantitative estimate of drug-likeness (QED) is 0.656. The lowest BCUT2D eigenvalue weighted by molar-refractivity contribution is 0.101. The number of nitrogens with zero attached hydrogens (tertiary/aromatic N) is 3. The van der Waals surface area contributed by atoms with Gasteiger partial charge in [0.25, 0.3) is 0 Å². The number of rotatable bonds is 4. The first kappa shape index (κ1) is 17.8. The molecule has 0 bridgehead atoms. The Morgan fingerprint density at radius 3 is 3.10 bits per heavy atom. The average molecular weight is 391 g/mol. The number of hydrogen-bond donors (Lipinski definition) is 2. The van der Waals surface area contributed by atoms with Crippen molar-refractivity contribution in [3.8, 4) is 11.5 Å². The summed E-state index contributed by atoms with van der Waals surface area (Å²) in [6.45, 7) is 2.35. The molecule has 0 radical (unpaired) electrons. The summed E-state index contributed by atoms with van der Waals surface area (Å²) < 4.78 is 11.6. The number of allylic oxidation sites excluding steroid dienone is 1. The van der Waals surface area contributed by atoms with Crippen LogP contribution in [0.3, 0.4) is 0 Å². The Balaban J connectivity index is 1.52. The molecule has 0 unspecified atom stereocenters. The van der Waals surface area contributed by atoms with E-state index in [0.717, 1.165) is 30.5 Å². The zero-order chi connectivity index (χ0) is 20.0. The third-order valence-corrected chi connectivity index (χ3v) is 5.44. The molecule has 2 aliphatic heterocycles. The van der Waals surface area contributed by atoms with Crippen molar-refractivity contribution in [2.75, 3.05) is 20.2 Å². The Hall–Kier alpha value is -3.23. The zero-order valence-corrected chi connectivity index (χ0v) is 16.0. The minimum atomic E-state index is -0.165. The number of aromatic amines is 1. The summed E-state index contributed by atoms with van der Waals surface area (Å²) in [6.07, 6.45) is 4.31. The van der Waals surface area contributed by atoms with Gasteiger partial charge in [0.15, 0.2) is 11.4 Å². The van der Waals surface area contributed by atoms with Crippen LogP contribution in [-0.2, 0) is 6.54 Å². The predicted octanol–water partition coefficient (Wildman–Crippen LogP) is 2.12. The van der Waals surface area contributed by atoms with Crippen LogP contribution >= 0.6 is 0 Å². The van der Waals surface area contributed by atoms with Crippen molar-refractivity contribution in [3.05, 3.63) is 53.0 Å². The van der Waals surface area contributed by atoms with Gasteiger partial charge in [-0.05, 0) is 30.7 Å². The summed E-state index contributed by atoms with van der Waals surface area (Å²) in [7, 11) is 1.62. The van der Waals surface area contributed by atoms with E-state index in [4.69, 9.17) is 15.2 Å². The fraction of sp³-hybridized carbons (Fsp3) is 0.286. The van der Waals surface area contributed by atoms with Crippen molar-refractivity contribution in [1.29, 1.82) is 0 Å². The van der Waals surface area contributed by atoms with Crippen LogP contribution in [-0.4, -0.2) is 52.1 Å². The molecule has 0 amide bonds. The zero-order valence-electron chi connectivity index (χ0n) is 16.0. The standard InChI is InChI=1S/C21H21N5O3/c1-28-17-5-4-14-19(27)18(9-16-13-3-2-7-23-21(13)25-24-16)29-20(14)15(17)11-26-8-6-12(22)10-26/h2-5,7,9,12H,6,8,10-11,22H2,1H3,(H,23,24,25)/t12-/m1/s1. The first-order valence-corrected chi connectivity index (χ1v) is 9.55. The highest BCUT2D eigenvalue weighted by Gasteiger charge is 2.33. The monoisotopic (exact) mass is 391 g/mol. The number of fused-ring (bicyclic) bond motifs is 2. The van der Waals surface area contributed by atoms with Crippen molar-refractivity contribution in [2.24, 2.45) is 5.73 Å². The Morgan fingerprint density at radius 1 is 1.41 bits per heavy atom. The lowest BCUT2D eigenvalue weighted by atomic mass is 10.0. The predicted molar refractivity (Wildman–Crippen MR) is 108 cm³/mol. The number of benzene rings is 1. The molecule has 1 atom stereocenters. The number of nitrogens with two attached hydrogens (primary N) is 1. The molecule has 29 heavy (non-hydrogen) atoms. The molecule has 3 N–H and O–H groups in total. The van der Waals surface area contributed by atoms with Crippen LogP contribution in [0.4, 0.5) is 0 Å². The van der Waals surface area contributed by atoms with Gasteiger partial charge in [-0.3, -0.25) is 14.8 Å². The number of carbonyl (C=O) groups is 1. The fourth-order valence-corrected chi connectivity index (χ4v) is 3.97. The maximum atomic E-state index is 13.0. The molecule has 0 aliphatic carbocycles. The second-order valence-electron chi connectivity index (χ2n) is 7.36. The first-order chi connectivity index (χ1) is 14.1. The second-order valence-corrected chi connectivity index (χ2v) is 7.36. The number of likely N-dealkylation sites (tertiary alicyclic amines) is 1. The van der Waals surface area contributed by atoms with Crippen molar-refractivity contribution in [2.45, 2.75) is 19.0 Å². The lowest BCUT2D eigenvalue weighted by Gasteiger charge is -2.19. The summed E-state index contributed by atoms with van der Waals surface area (Å²) in [5, 5.41) is 7.96. The van der Waals surface area contributed by atoms with Crippen LogP contribution in [0.2, 0.25) is 0 Å². The molecule has 8 heteroatoms. The lowest BCUT2D eigenvalue weighted by Crippen LogP contribution is -2.26. The molecule has 1 aromatic carbocycles. The molecule has 3 aromatic rings. The minimum Gasteiger partial charge on any atom is -0.496 e. The summed E-state index contributed by atoms with van der Waals surface area (Å²) >= 11 is 0. The van der Waals surface area contributed by atoms with Crippen LogP contribution in [0.1, 0.15) is 28.0 Å². The van der Waals surface area contributed by atoms with Gasteiger partial charge in [-0.1, -0.05) is 0 Å². The number of methoxy groups -OCH3 is 1. The number of carbonyl (C=O) groups excluding carboxylic acids is 1. The summed E-state index contributed by atoms with van der Waals surface area (Å²) in [5.41, 5.74) is 8.72. The number of Topliss-reactive ketones (excluding diaryl/α,β-unsaturated/α-hetero) is 1. The van der Waals surface area contributed by atoms with Gasteiger partial charge >= 0.3 is 0 Å². The van der Waals surface area contributed by atoms with Crippen LogP contribution in [0.25, 0.3) is 17.1 Å². The fourth-order valence-electron chi connectivity index (χ4n) is 3.97. The van der Waals surface area contributed by atoms with Gasteiger partial charge in [0.1, 0.15) is 11.5 Å². The minimum absolute atomic E-state index is 0.165. The first-order valence-electron chi connectivity index (χ1n) is 9.55. The normalized spacial score (nSPS) is 20.4. The molecule has 0 saturated carbocycles. The van der Waals surface area contributed by atoms with E-state index in [-0.39, 0.29) is 17.6 Å². The highest BCUT2D eigenvalue weighted by molar-refractivity contribution is 6.15. The van der Waals surface area contributed by atoms with Gasteiger partial charge in [0.2, 0.25) is 5.78 Å². The van der Waals surface area contributed by atoms with Gasteiger partial charge in [-0.15, -0.1) is 0 Å². The summed E-state index contributed by atoms with van der Waals surface area (Å²) in [6, 6.07) is 7.48. The Morgan fingerprint density at radius 2 is 2.31 bits per heavy atom. The molecule has 1 fully saturated rings. The Kier molecular flexibility index (Phi) is 4.30. The molecule has 2 aliphatic rings. The number of nitrogens with one attached hydrogen (secondary N) is 1. The van der Waals surface area contributed by atoms with E-state index < -0.39 is 0 Å². The Bertz CT molecular complexity index is 1140. The Labute approximate surface area is 167 Å². The van der Waals surface area contributed by atoms with Crippen molar-refractivity contribution < 1.29 is 14.3 Å². The summed E-state index contributed by atoms with van der Waals surface area (Å²) in [4.78, 5) is 19.5. The largest absolute Gasteiger partial charge is 0.496 e. The van der Waals surface area contributed by atoms with Gasteiger partial charge < -0.3 is 15.2 Å². The number of ketones is 1. The molecule has 4 heterocycles. The molecular formula is C21H21N5O3. The highest BCUT2D eigenvalue weighted by Crippen LogP contribution is 2.41. The van der Waals surface area contributed by atoms with Crippen LogP contribution in [0.15, 0.2) is 36.2 Å². The third kappa shape index (κ3) is 3.06. The van der Waals surface area contributed by atoms with Crippen molar-refractivity contribution in [1.82, 2.24) is 20.1 Å². The van der Waals surface area contributed by atoms with Crippen molar-refractivity contribution >= 4 is 22.9 Å². The molecular weight excluding hydrogens is 370 g/mol. The van der Waals surface area contributed by atoms with E-state index in [2.05, 4.69) is 20.1 Å². The molecule has 5 rings (SSSR count). The van der Waals surface area contributed by atoms with Gasteiger partial charge in [0.05, 0.1) is 23.9 Å².